The van der Waals surface area contributed by atoms with Gasteiger partial charge in [-0.15, -0.1) is 0 Å². The maximum atomic E-state index is 6.58. The number of hydrogen-bond acceptors (Lipinski definition) is 6. The van der Waals surface area contributed by atoms with Crippen molar-refractivity contribution in [3.05, 3.63) is 0 Å². The van der Waals surface area contributed by atoms with Crippen molar-refractivity contribution in [1.82, 2.24) is 14.7 Å². The lowest BCUT2D eigenvalue weighted by Crippen LogP contribution is -2.71. The van der Waals surface area contributed by atoms with E-state index in [9.17, 15) is 0 Å². The van der Waals surface area contributed by atoms with Gasteiger partial charge in [-0.3, -0.25) is 14.7 Å². The van der Waals surface area contributed by atoms with Crippen molar-refractivity contribution in [2.24, 2.45) is 5.92 Å². The largest absolute Gasteiger partial charge is 0.374 e. The number of morpholine rings is 3. The van der Waals surface area contributed by atoms with Crippen LogP contribution in [0, 0.1) is 5.92 Å². The molecule has 0 N–H and O–H groups in total. The Morgan fingerprint density at radius 2 is 1.85 bits per heavy atom. The summed E-state index contributed by atoms with van der Waals surface area (Å²) in [6.07, 6.45) is 7.41. The molecule has 9 unspecified atom stereocenters. The number of ether oxygens (including phenoxy) is 3. The molecular weight excluding hydrogens is 342 g/mol. The van der Waals surface area contributed by atoms with E-state index in [-0.39, 0.29) is 5.60 Å². The third-order valence-corrected chi connectivity index (χ3v) is 8.88. The van der Waals surface area contributed by atoms with Gasteiger partial charge in [0.1, 0.15) is 5.60 Å². The molecule has 6 fully saturated rings. The number of fused-ring (bicyclic) bond motifs is 3. The fraction of sp³-hybridized carbons (Fsp3) is 1.00. The summed E-state index contributed by atoms with van der Waals surface area (Å²) >= 11 is 0. The molecule has 0 spiro atoms. The summed E-state index contributed by atoms with van der Waals surface area (Å²) in [6, 6.07) is 2.18. The van der Waals surface area contributed by atoms with Gasteiger partial charge in [0.25, 0.3) is 0 Å². The minimum absolute atomic E-state index is 0.0242. The molecule has 3 aliphatic carbocycles. The molecule has 3 saturated carbocycles. The number of likely N-dealkylation sites (N-methyl/N-ethyl adjacent to an activating group) is 3. The van der Waals surface area contributed by atoms with Crippen molar-refractivity contribution in [1.29, 1.82) is 0 Å². The highest BCUT2D eigenvalue weighted by atomic mass is 16.5. The van der Waals surface area contributed by atoms with Gasteiger partial charge in [-0.1, -0.05) is 0 Å². The molecule has 27 heavy (non-hydrogen) atoms. The molecule has 0 aromatic heterocycles. The number of rotatable bonds is 2. The quantitative estimate of drug-likeness (QED) is 0.709. The third-order valence-electron chi connectivity index (χ3n) is 8.88. The Bertz CT molecular complexity index is 605. The first-order valence-corrected chi connectivity index (χ1v) is 11.1. The van der Waals surface area contributed by atoms with E-state index in [0.717, 1.165) is 26.3 Å². The van der Waals surface area contributed by atoms with Crippen LogP contribution in [0.4, 0.5) is 0 Å². The van der Waals surface area contributed by atoms with E-state index in [1.165, 1.54) is 32.1 Å². The Morgan fingerprint density at radius 1 is 0.963 bits per heavy atom. The van der Waals surface area contributed by atoms with Gasteiger partial charge < -0.3 is 14.2 Å². The Hall–Kier alpha value is -0.240. The van der Waals surface area contributed by atoms with Crippen molar-refractivity contribution < 1.29 is 14.2 Å². The van der Waals surface area contributed by atoms with E-state index >= 15 is 0 Å². The molecule has 6 heteroatoms. The average Bonchev–Trinajstić information content (AvgIpc) is 3.18. The second-order valence-electron chi connectivity index (χ2n) is 10.1. The molecule has 0 aromatic carbocycles. The molecule has 152 valence electrons. The molecule has 6 aliphatic rings. The van der Waals surface area contributed by atoms with Crippen LogP contribution in [0.15, 0.2) is 0 Å². The van der Waals surface area contributed by atoms with Gasteiger partial charge in [-0.2, -0.15) is 0 Å². The number of nitrogens with zero attached hydrogens (tertiary/aromatic N) is 3. The fourth-order valence-electron chi connectivity index (χ4n) is 7.08. The first-order chi connectivity index (χ1) is 13.1. The predicted octanol–water partition coefficient (Wildman–Crippen LogP) is 0.799. The Labute approximate surface area is 163 Å². The third kappa shape index (κ3) is 2.47. The van der Waals surface area contributed by atoms with Crippen LogP contribution in [0.3, 0.4) is 0 Å². The van der Waals surface area contributed by atoms with E-state index in [2.05, 4.69) is 35.8 Å². The fourth-order valence-corrected chi connectivity index (χ4v) is 7.08. The molecule has 3 aliphatic heterocycles. The van der Waals surface area contributed by atoms with E-state index in [0.29, 0.717) is 48.4 Å². The number of hydrogen-bond donors (Lipinski definition) is 0. The minimum atomic E-state index is 0.0242. The zero-order valence-electron chi connectivity index (χ0n) is 17.0. The molecule has 9 atom stereocenters. The molecule has 6 nitrogen and oxygen atoms in total. The maximum absolute atomic E-state index is 6.58. The molecule has 0 radical (unpaired) electrons. The summed E-state index contributed by atoms with van der Waals surface area (Å²) in [6.45, 7) is 3.81. The Kier molecular flexibility index (Phi) is 4.00. The Morgan fingerprint density at radius 3 is 2.74 bits per heavy atom. The highest BCUT2D eigenvalue weighted by molar-refractivity contribution is 5.22. The maximum Gasteiger partial charge on any atom is 0.103 e. The molecule has 0 aromatic rings. The normalized spacial score (nSPS) is 56.1. The van der Waals surface area contributed by atoms with Crippen LogP contribution in [0.25, 0.3) is 0 Å². The Balaban J connectivity index is 1.12. The van der Waals surface area contributed by atoms with E-state index in [1.807, 2.05) is 0 Å². The summed E-state index contributed by atoms with van der Waals surface area (Å²) in [7, 11) is 6.85. The molecule has 0 bridgehead atoms. The van der Waals surface area contributed by atoms with Crippen LogP contribution in [-0.4, -0.2) is 110 Å². The highest BCUT2D eigenvalue weighted by Crippen LogP contribution is 2.53. The molecule has 6 rings (SSSR count). The van der Waals surface area contributed by atoms with Crippen molar-refractivity contribution in [3.63, 3.8) is 0 Å². The van der Waals surface area contributed by atoms with Crippen LogP contribution in [-0.2, 0) is 14.2 Å². The zero-order chi connectivity index (χ0) is 18.3. The summed E-state index contributed by atoms with van der Waals surface area (Å²) in [5.41, 5.74) is 0.0242. The lowest BCUT2D eigenvalue weighted by molar-refractivity contribution is -0.242. The van der Waals surface area contributed by atoms with E-state index in [4.69, 9.17) is 14.2 Å². The van der Waals surface area contributed by atoms with Gasteiger partial charge in [0.05, 0.1) is 37.6 Å². The lowest BCUT2D eigenvalue weighted by Gasteiger charge is -2.59. The predicted molar refractivity (Wildman–Crippen MR) is 102 cm³/mol. The van der Waals surface area contributed by atoms with Crippen LogP contribution in [0.5, 0.6) is 0 Å². The van der Waals surface area contributed by atoms with E-state index < -0.39 is 0 Å². The van der Waals surface area contributed by atoms with Crippen molar-refractivity contribution in [3.8, 4) is 0 Å². The summed E-state index contributed by atoms with van der Waals surface area (Å²) in [5, 5.41) is 0. The molecule has 3 saturated heterocycles. The van der Waals surface area contributed by atoms with Crippen molar-refractivity contribution >= 4 is 0 Å². The monoisotopic (exact) mass is 377 g/mol. The van der Waals surface area contributed by atoms with Gasteiger partial charge >= 0.3 is 0 Å². The minimum Gasteiger partial charge on any atom is -0.374 e. The molecule has 3 heterocycles. The second kappa shape index (κ2) is 6.13. The average molecular weight is 378 g/mol. The molecule has 0 amide bonds. The zero-order valence-corrected chi connectivity index (χ0v) is 17.0. The molecular formula is C21H35N3O3. The van der Waals surface area contributed by atoms with Gasteiger partial charge in [0.15, 0.2) is 0 Å². The summed E-state index contributed by atoms with van der Waals surface area (Å²) < 4.78 is 19.4. The van der Waals surface area contributed by atoms with Gasteiger partial charge in [-0.25, -0.2) is 0 Å². The first kappa shape index (κ1) is 17.6. The van der Waals surface area contributed by atoms with Crippen LogP contribution in [0.1, 0.15) is 32.1 Å². The topological polar surface area (TPSA) is 37.4 Å². The van der Waals surface area contributed by atoms with Crippen LogP contribution in [0.2, 0.25) is 0 Å². The summed E-state index contributed by atoms with van der Waals surface area (Å²) in [4.78, 5) is 7.65. The van der Waals surface area contributed by atoms with Crippen molar-refractivity contribution in [2.75, 3.05) is 47.4 Å². The first-order valence-electron chi connectivity index (χ1n) is 11.1. The van der Waals surface area contributed by atoms with Gasteiger partial charge in [-0.05, 0) is 53.2 Å². The van der Waals surface area contributed by atoms with Crippen LogP contribution < -0.4 is 0 Å². The van der Waals surface area contributed by atoms with Crippen LogP contribution >= 0.6 is 0 Å². The highest BCUT2D eigenvalue weighted by Gasteiger charge is 2.68. The van der Waals surface area contributed by atoms with Gasteiger partial charge in [0.2, 0.25) is 0 Å². The van der Waals surface area contributed by atoms with E-state index in [1.54, 1.807) is 0 Å². The van der Waals surface area contributed by atoms with Crippen molar-refractivity contribution in [2.45, 2.75) is 80.2 Å². The summed E-state index contributed by atoms with van der Waals surface area (Å²) in [5.74, 6) is 0.560. The standard InChI is InChI=1S/C21H35N3O3/c1-22-7-8-26-21(10-18(21)22)19-12-25-20-13(9-15(20)24(19)3)17-11-23(2)14-5-4-6-16(14)27-17/h13-20H,4-12H2,1-3H3. The smallest absolute Gasteiger partial charge is 0.103 e. The van der Waals surface area contributed by atoms with Gasteiger partial charge in [0, 0.05) is 37.1 Å². The SMILES string of the molecule is CN1CC(C2CC3C2OCC(C24CC2N(C)CCO4)N3C)OC2CCCC21. The lowest BCUT2D eigenvalue weighted by atomic mass is 9.70. The second-order valence-corrected chi connectivity index (χ2v) is 10.1.